The van der Waals surface area contributed by atoms with E-state index in [1.165, 1.54) is 0 Å². The van der Waals surface area contributed by atoms with Crippen LogP contribution in [0.5, 0.6) is 0 Å². The molecule has 1 N–H and O–H groups in total. The number of thioether (sulfide) groups is 1. The maximum absolute atomic E-state index is 13.4. The summed E-state index contributed by atoms with van der Waals surface area (Å²) in [5.74, 6) is -1.19. The zero-order valence-corrected chi connectivity index (χ0v) is 11.8. The van der Waals surface area contributed by atoms with Gasteiger partial charge < -0.3 is 5.11 Å². The quantitative estimate of drug-likeness (QED) is 0.491. The molecule has 0 amide bonds. The van der Waals surface area contributed by atoms with Crippen LogP contribution in [-0.4, -0.2) is 21.8 Å². The number of benzene rings is 1. The SMILES string of the molecule is O=C(O)CC1(CSc2cc(F)c(Cl)cc2[N+](=O)[O-])CC1. The minimum absolute atomic E-state index is 0.0316. The van der Waals surface area contributed by atoms with Gasteiger partial charge in [-0.2, -0.15) is 0 Å². The predicted molar refractivity (Wildman–Crippen MR) is 72.7 cm³/mol. The van der Waals surface area contributed by atoms with Gasteiger partial charge in [0, 0.05) is 11.8 Å². The number of carboxylic acid groups (broad SMARTS) is 1. The minimum Gasteiger partial charge on any atom is -0.481 e. The zero-order chi connectivity index (χ0) is 14.9. The van der Waals surface area contributed by atoms with Crippen molar-refractivity contribution in [3.63, 3.8) is 0 Å². The number of carboxylic acids is 1. The number of carbonyl (C=O) groups is 1. The summed E-state index contributed by atoms with van der Waals surface area (Å²) < 4.78 is 13.4. The molecule has 0 unspecified atom stereocenters. The van der Waals surface area contributed by atoms with Crippen LogP contribution in [0.4, 0.5) is 10.1 Å². The van der Waals surface area contributed by atoms with Gasteiger partial charge >= 0.3 is 5.97 Å². The summed E-state index contributed by atoms with van der Waals surface area (Å²) in [4.78, 5) is 21.2. The third kappa shape index (κ3) is 3.40. The van der Waals surface area contributed by atoms with E-state index in [4.69, 9.17) is 16.7 Å². The molecule has 0 aromatic heterocycles. The summed E-state index contributed by atoms with van der Waals surface area (Å²) in [6, 6.07) is 2.01. The van der Waals surface area contributed by atoms with Gasteiger partial charge in [0.25, 0.3) is 5.69 Å². The van der Waals surface area contributed by atoms with Crippen LogP contribution in [0, 0.1) is 21.3 Å². The first kappa shape index (κ1) is 15.1. The lowest BCUT2D eigenvalue weighted by Gasteiger charge is -2.12. The van der Waals surface area contributed by atoms with Crippen molar-refractivity contribution in [2.75, 3.05) is 5.75 Å². The van der Waals surface area contributed by atoms with Crippen molar-refractivity contribution in [2.24, 2.45) is 5.41 Å². The molecule has 1 fully saturated rings. The van der Waals surface area contributed by atoms with E-state index >= 15 is 0 Å². The Hall–Kier alpha value is -1.34. The highest BCUT2D eigenvalue weighted by molar-refractivity contribution is 7.99. The van der Waals surface area contributed by atoms with Crippen LogP contribution >= 0.6 is 23.4 Å². The van der Waals surface area contributed by atoms with Gasteiger partial charge in [0.1, 0.15) is 5.82 Å². The van der Waals surface area contributed by atoms with E-state index in [0.717, 1.165) is 36.7 Å². The number of hydrogen-bond acceptors (Lipinski definition) is 4. The first-order chi connectivity index (χ1) is 9.33. The van der Waals surface area contributed by atoms with Crippen LogP contribution in [0.1, 0.15) is 19.3 Å². The van der Waals surface area contributed by atoms with Crippen molar-refractivity contribution in [1.29, 1.82) is 0 Å². The Balaban J connectivity index is 2.15. The molecule has 0 atom stereocenters. The summed E-state index contributed by atoms with van der Waals surface area (Å²) >= 11 is 6.64. The van der Waals surface area contributed by atoms with Crippen molar-refractivity contribution in [1.82, 2.24) is 0 Å². The minimum atomic E-state index is -0.889. The molecule has 20 heavy (non-hydrogen) atoms. The van der Waals surface area contributed by atoms with E-state index in [1.54, 1.807) is 0 Å². The van der Waals surface area contributed by atoms with Gasteiger partial charge in [-0.05, 0) is 24.3 Å². The average molecular weight is 320 g/mol. The number of hydrogen-bond donors (Lipinski definition) is 1. The van der Waals surface area contributed by atoms with E-state index in [9.17, 15) is 19.3 Å². The second kappa shape index (κ2) is 5.57. The molecule has 5 nitrogen and oxygen atoms in total. The van der Waals surface area contributed by atoms with Crippen LogP contribution in [-0.2, 0) is 4.79 Å². The van der Waals surface area contributed by atoms with E-state index in [2.05, 4.69) is 0 Å². The van der Waals surface area contributed by atoms with Crippen LogP contribution < -0.4 is 0 Å². The van der Waals surface area contributed by atoms with Crippen molar-refractivity contribution >= 4 is 35.0 Å². The summed E-state index contributed by atoms with van der Waals surface area (Å²) in [5.41, 5.74) is -0.576. The lowest BCUT2D eigenvalue weighted by Crippen LogP contribution is -2.11. The van der Waals surface area contributed by atoms with Gasteiger partial charge in [-0.15, -0.1) is 11.8 Å². The van der Waals surface area contributed by atoms with Gasteiger partial charge in [0.05, 0.1) is 21.3 Å². The summed E-state index contributed by atoms with van der Waals surface area (Å²) in [5, 5.41) is 19.4. The lowest BCUT2D eigenvalue weighted by molar-refractivity contribution is -0.387. The lowest BCUT2D eigenvalue weighted by atomic mass is 10.1. The Labute approximate surface area is 123 Å². The maximum atomic E-state index is 13.4. The van der Waals surface area contributed by atoms with Crippen molar-refractivity contribution < 1.29 is 19.2 Å². The summed E-state index contributed by atoms with van der Waals surface area (Å²) in [7, 11) is 0. The third-order valence-corrected chi connectivity index (χ3v) is 4.90. The summed E-state index contributed by atoms with van der Waals surface area (Å²) in [6.07, 6.45) is 1.58. The Kier molecular flexibility index (Phi) is 4.19. The van der Waals surface area contributed by atoms with Crippen LogP contribution in [0.25, 0.3) is 0 Å². The standard InChI is InChI=1S/C12H11ClFNO4S/c13-7-3-9(15(18)19)10(4-8(7)14)20-6-12(1-2-12)5-11(16)17/h3-4H,1-2,5-6H2,(H,16,17). The molecule has 1 saturated carbocycles. The van der Waals surface area contributed by atoms with E-state index in [0.29, 0.717) is 5.75 Å². The van der Waals surface area contributed by atoms with E-state index in [-0.39, 0.29) is 27.4 Å². The van der Waals surface area contributed by atoms with Gasteiger partial charge in [-0.3, -0.25) is 14.9 Å². The average Bonchev–Trinajstić information content (AvgIpc) is 3.09. The molecule has 0 bridgehead atoms. The Morgan fingerprint density at radius 1 is 1.55 bits per heavy atom. The fraction of sp³-hybridized carbons (Fsp3) is 0.417. The molecule has 1 aliphatic rings. The molecule has 0 heterocycles. The maximum Gasteiger partial charge on any atom is 0.303 e. The van der Waals surface area contributed by atoms with E-state index < -0.39 is 16.7 Å². The normalized spacial score (nSPS) is 15.9. The molecular formula is C12H11ClFNO4S. The molecule has 8 heteroatoms. The number of nitro groups is 1. The molecule has 0 aliphatic heterocycles. The molecule has 2 rings (SSSR count). The highest BCUT2D eigenvalue weighted by Crippen LogP contribution is 2.52. The van der Waals surface area contributed by atoms with Gasteiger partial charge in [-0.25, -0.2) is 4.39 Å². The molecule has 1 aliphatic carbocycles. The summed E-state index contributed by atoms with van der Waals surface area (Å²) in [6.45, 7) is 0. The number of nitro benzene ring substituents is 1. The van der Waals surface area contributed by atoms with Crippen molar-refractivity contribution in [2.45, 2.75) is 24.2 Å². The zero-order valence-electron chi connectivity index (χ0n) is 10.3. The second-order valence-corrected chi connectivity index (χ2v) is 6.27. The fourth-order valence-corrected chi connectivity index (χ4v) is 3.36. The van der Waals surface area contributed by atoms with Crippen molar-refractivity contribution in [3.05, 3.63) is 33.1 Å². The van der Waals surface area contributed by atoms with Gasteiger partial charge in [-0.1, -0.05) is 11.6 Å². The second-order valence-electron chi connectivity index (χ2n) is 4.85. The molecular weight excluding hydrogens is 309 g/mol. The predicted octanol–water partition coefficient (Wildman–Crippen LogP) is 3.73. The van der Waals surface area contributed by atoms with Crippen LogP contribution in [0.3, 0.4) is 0 Å². The first-order valence-corrected chi connectivity index (χ1v) is 7.17. The van der Waals surface area contributed by atoms with Crippen molar-refractivity contribution in [3.8, 4) is 0 Å². The topological polar surface area (TPSA) is 80.4 Å². The van der Waals surface area contributed by atoms with Crippen LogP contribution in [0.15, 0.2) is 17.0 Å². The Morgan fingerprint density at radius 2 is 2.20 bits per heavy atom. The fourth-order valence-electron chi connectivity index (χ4n) is 1.88. The Morgan fingerprint density at radius 3 is 2.70 bits per heavy atom. The molecule has 1 aromatic rings. The van der Waals surface area contributed by atoms with E-state index in [1.807, 2.05) is 0 Å². The number of rotatable bonds is 6. The highest BCUT2D eigenvalue weighted by Gasteiger charge is 2.44. The molecule has 0 saturated heterocycles. The first-order valence-electron chi connectivity index (χ1n) is 5.81. The monoisotopic (exact) mass is 319 g/mol. The number of halogens is 2. The highest BCUT2D eigenvalue weighted by atomic mass is 35.5. The largest absolute Gasteiger partial charge is 0.481 e. The molecule has 108 valence electrons. The van der Waals surface area contributed by atoms with Crippen LogP contribution in [0.2, 0.25) is 5.02 Å². The third-order valence-electron chi connectivity index (χ3n) is 3.22. The van der Waals surface area contributed by atoms with Gasteiger partial charge in [0.15, 0.2) is 0 Å². The molecule has 0 spiro atoms. The molecule has 1 aromatic carbocycles. The Bertz CT molecular complexity index is 577. The van der Waals surface area contributed by atoms with Gasteiger partial charge in [0.2, 0.25) is 0 Å². The smallest absolute Gasteiger partial charge is 0.303 e. The molecule has 0 radical (unpaired) electrons. The number of aliphatic carboxylic acids is 1. The number of nitrogens with zero attached hydrogens (tertiary/aromatic N) is 1.